The molecule has 0 fully saturated rings. The third-order valence-corrected chi connectivity index (χ3v) is 2.83. The zero-order valence-electron chi connectivity index (χ0n) is 13.9. The Kier molecular flexibility index (Phi) is 2.45. The third-order valence-electron chi connectivity index (χ3n) is 2.83. The van der Waals surface area contributed by atoms with E-state index in [-0.39, 0.29) is 17.1 Å². The molecule has 0 radical (unpaired) electrons. The smallest absolute Gasteiger partial charge is 0.356 e. The largest absolute Gasteiger partial charge is 0.476 e. The molecule has 0 bridgehead atoms. The summed E-state index contributed by atoms with van der Waals surface area (Å²) in [6.07, 6.45) is 3.92. The van der Waals surface area contributed by atoms with E-state index in [1.54, 1.807) is 0 Å². The molecule has 9 nitrogen and oxygen atoms in total. The van der Waals surface area contributed by atoms with Crippen molar-refractivity contribution in [3.8, 4) is 16.9 Å². The van der Waals surface area contributed by atoms with Crippen LogP contribution in [0.1, 0.15) is 14.6 Å². The van der Waals surface area contributed by atoms with Crippen LogP contribution in [0.25, 0.3) is 16.9 Å². The fraction of sp³-hybridized carbons (Fsp3) is 0.0769. The molecule has 0 saturated heterocycles. The van der Waals surface area contributed by atoms with Crippen molar-refractivity contribution in [2.75, 3.05) is 0 Å². The number of aromatic nitrogens is 6. The maximum atomic E-state index is 12.0. The van der Waals surface area contributed by atoms with Crippen molar-refractivity contribution in [1.82, 2.24) is 29.8 Å². The molecule has 0 aromatic carbocycles. The van der Waals surface area contributed by atoms with Gasteiger partial charge in [-0.3, -0.25) is 9.78 Å². The predicted octanol–water partition coefficient (Wildman–Crippen LogP) is 0.121. The van der Waals surface area contributed by atoms with Crippen LogP contribution in [0.2, 0.25) is 0 Å². The summed E-state index contributed by atoms with van der Waals surface area (Å²) in [5.74, 6) is -1.29. The third kappa shape index (κ3) is 2.35. The molecule has 3 aromatic rings. The van der Waals surface area contributed by atoms with Gasteiger partial charge < -0.3 is 5.11 Å². The average molecular weight is 301 g/mol. The molecule has 22 heavy (non-hydrogen) atoms. The molecule has 3 heterocycles. The first-order valence-electron chi connectivity index (χ1n) is 7.48. The number of rotatable bonds is 3. The van der Waals surface area contributed by atoms with Gasteiger partial charge in [0.25, 0.3) is 5.56 Å². The molecule has 0 aliphatic heterocycles. The van der Waals surface area contributed by atoms with E-state index in [4.69, 9.17) is 9.22 Å². The van der Waals surface area contributed by atoms with Gasteiger partial charge in [-0.25, -0.2) is 9.48 Å². The Morgan fingerprint density at radius 1 is 1.32 bits per heavy atom. The number of hydrogen-bond acceptors (Lipinski definition) is 6. The summed E-state index contributed by atoms with van der Waals surface area (Å²) >= 11 is 0. The lowest BCUT2D eigenvalue weighted by atomic mass is 10.2. The number of aromatic carboxylic acids is 1. The fourth-order valence-corrected chi connectivity index (χ4v) is 1.83. The Labute approximate surface area is 127 Å². The normalized spacial score (nSPS) is 13.2. The molecule has 110 valence electrons. The molecule has 1 N–H and O–H groups in total. The first-order valence-corrected chi connectivity index (χ1v) is 5.98. The lowest BCUT2D eigenvalue weighted by molar-refractivity contribution is 0.0688. The molecule has 3 rings (SSSR count). The number of carboxylic acids is 1. The van der Waals surface area contributed by atoms with E-state index in [0.29, 0.717) is 5.56 Å². The molecule has 0 atom stereocenters. The van der Waals surface area contributed by atoms with Gasteiger partial charge in [-0.05, 0) is 12.1 Å². The van der Waals surface area contributed by atoms with Gasteiger partial charge in [0.05, 0.1) is 23.8 Å². The van der Waals surface area contributed by atoms with Gasteiger partial charge >= 0.3 is 5.97 Å². The van der Waals surface area contributed by atoms with E-state index < -0.39 is 18.5 Å². The van der Waals surface area contributed by atoms with Crippen LogP contribution in [-0.4, -0.2) is 40.8 Å². The summed E-state index contributed by atoms with van der Waals surface area (Å²) in [7, 11) is 0. The lowest BCUT2D eigenvalue weighted by Gasteiger charge is -2.07. The Balaban J connectivity index is 2.13. The number of pyridine rings is 1. The summed E-state index contributed by atoms with van der Waals surface area (Å²) in [6.45, 7) is -2.54. The summed E-state index contributed by atoms with van der Waals surface area (Å²) in [5.41, 5.74) is -0.223. The summed E-state index contributed by atoms with van der Waals surface area (Å²) in [5, 5.41) is 19.9. The Hall–Kier alpha value is -3.36. The van der Waals surface area contributed by atoms with Gasteiger partial charge in [0, 0.05) is 28.9 Å². The molecular formula is C13H10N6O3. The van der Waals surface area contributed by atoms with Crippen molar-refractivity contribution in [3.63, 3.8) is 0 Å². The summed E-state index contributed by atoms with van der Waals surface area (Å²) in [4.78, 5) is 27.0. The van der Waals surface area contributed by atoms with Crippen molar-refractivity contribution < 1.29 is 14.0 Å². The van der Waals surface area contributed by atoms with Crippen LogP contribution in [0.3, 0.4) is 0 Å². The average Bonchev–Trinajstić information content (AvgIpc) is 3.05. The minimum Gasteiger partial charge on any atom is -0.476 e. The van der Waals surface area contributed by atoms with Crippen LogP contribution in [-0.2, 0) is 6.98 Å². The highest BCUT2D eigenvalue weighted by atomic mass is 16.4. The maximum absolute atomic E-state index is 12.0. The molecular weight excluding hydrogens is 288 g/mol. The fourth-order valence-electron chi connectivity index (χ4n) is 1.83. The molecule has 0 unspecified atom stereocenters. The van der Waals surface area contributed by atoms with Crippen molar-refractivity contribution >= 4 is 5.97 Å². The van der Waals surface area contributed by atoms with Gasteiger partial charge in [-0.15, -0.1) is 5.10 Å². The van der Waals surface area contributed by atoms with E-state index in [1.165, 1.54) is 24.7 Å². The number of carbonyl (C=O) groups is 1. The second-order valence-electron chi connectivity index (χ2n) is 4.24. The molecule has 3 aromatic heterocycles. The SMILES string of the molecule is [2H]C([2H])([2H])n1nncc1-c1cncc(-n2nc(C(=O)O)ccc2=O)c1. The van der Waals surface area contributed by atoms with E-state index in [1.807, 2.05) is 0 Å². The molecule has 0 aliphatic carbocycles. The quantitative estimate of drug-likeness (QED) is 0.730. The van der Waals surface area contributed by atoms with Crippen LogP contribution in [0.5, 0.6) is 0 Å². The van der Waals surface area contributed by atoms with Gasteiger partial charge in [-0.2, -0.15) is 9.78 Å². The second kappa shape index (κ2) is 5.20. The Bertz CT molecular complexity index is 1010. The van der Waals surface area contributed by atoms with E-state index in [9.17, 15) is 9.59 Å². The summed E-state index contributed by atoms with van der Waals surface area (Å²) < 4.78 is 24.0. The number of aryl methyl sites for hydroxylation is 1. The van der Waals surface area contributed by atoms with E-state index in [0.717, 1.165) is 21.5 Å². The predicted molar refractivity (Wildman–Crippen MR) is 74.6 cm³/mol. The zero-order chi connectivity index (χ0) is 18.2. The molecule has 0 spiro atoms. The van der Waals surface area contributed by atoms with E-state index >= 15 is 0 Å². The molecule has 0 amide bonds. The maximum Gasteiger partial charge on any atom is 0.356 e. The zero-order valence-corrected chi connectivity index (χ0v) is 10.9. The first-order chi connectivity index (χ1) is 11.8. The van der Waals surface area contributed by atoms with Crippen LogP contribution < -0.4 is 5.56 Å². The van der Waals surface area contributed by atoms with Gasteiger partial charge in [0.1, 0.15) is 0 Å². The van der Waals surface area contributed by atoms with Crippen LogP contribution in [0.4, 0.5) is 0 Å². The van der Waals surface area contributed by atoms with Gasteiger partial charge in [0.2, 0.25) is 0 Å². The molecule has 0 aliphatic rings. The van der Waals surface area contributed by atoms with Crippen molar-refractivity contribution in [2.45, 2.75) is 0 Å². The summed E-state index contributed by atoms with van der Waals surface area (Å²) in [6, 6.07) is 3.59. The number of carboxylic acid groups (broad SMARTS) is 1. The second-order valence-corrected chi connectivity index (χ2v) is 4.24. The Morgan fingerprint density at radius 3 is 2.95 bits per heavy atom. The minimum absolute atomic E-state index is 0.164. The number of hydrogen-bond donors (Lipinski definition) is 1. The van der Waals surface area contributed by atoms with Crippen LogP contribution in [0.15, 0.2) is 41.6 Å². The first kappa shape index (κ1) is 10.4. The Morgan fingerprint density at radius 2 is 2.18 bits per heavy atom. The topological polar surface area (TPSA) is 116 Å². The number of nitrogens with zero attached hydrogens (tertiary/aromatic N) is 6. The highest BCUT2D eigenvalue weighted by Gasteiger charge is 2.11. The lowest BCUT2D eigenvalue weighted by Crippen LogP contribution is -2.22. The monoisotopic (exact) mass is 301 g/mol. The molecule has 9 heteroatoms. The van der Waals surface area contributed by atoms with Gasteiger partial charge in [0.15, 0.2) is 5.69 Å². The van der Waals surface area contributed by atoms with Crippen molar-refractivity contribution in [1.29, 1.82) is 0 Å². The highest BCUT2D eigenvalue weighted by molar-refractivity contribution is 5.84. The standard InChI is InChI=1S/C13H10N6O3/c1-18-11(7-15-17-18)8-4-9(6-14-5-8)19-12(20)3-2-10(16-19)13(21)22/h2-7H,1H3,(H,21,22)/i1D3. The van der Waals surface area contributed by atoms with Crippen LogP contribution in [0, 0.1) is 0 Å². The van der Waals surface area contributed by atoms with E-state index in [2.05, 4.69) is 20.4 Å². The van der Waals surface area contributed by atoms with Crippen LogP contribution >= 0.6 is 0 Å². The van der Waals surface area contributed by atoms with Crippen molar-refractivity contribution in [3.05, 3.63) is 52.8 Å². The molecule has 0 saturated carbocycles. The highest BCUT2D eigenvalue weighted by Crippen LogP contribution is 2.18. The minimum atomic E-state index is -2.54. The van der Waals surface area contributed by atoms with Crippen molar-refractivity contribution in [2.24, 2.45) is 6.98 Å². The van der Waals surface area contributed by atoms with Gasteiger partial charge in [-0.1, -0.05) is 5.21 Å².